The first-order valence-electron chi connectivity index (χ1n) is 6.50. The molecule has 1 saturated carbocycles. The fourth-order valence-electron chi connectivity index (χ4n) is 2.46. The molecule has 1 amide bonds. The van der Waals surface area contributed by atoms with Gasteiger partial charge in [0.15, 0.2) is 17.4 Å². The van der Waals surface area contributed by atoms with E-state index in [9.17, 15) is 23.2 Å². The molecule has 7 heteroatoms. The minimum atomic E-state index is -1.75. The molecule has 1 aromatic rings. The van der Waals surface area contributed by atoms with Crippen LogP contribution in [-0.2, 0) is 0 Å². The van der Waals surface area contributed by atoms with E-state index >= 15 is 0 Å². The summed E-state index contributed by atoms with van der Waals surface area (Å²) < 4.78 is 39.9. The van der Waals surface area contributed by atoms with Gasteiger partial charge >= 0.3 is 0 Å². The maximum atomic E-state index is 13.7. The summed E-state index contributed by atoms with van der Waals surface area (Å²) in [5.41, 5.74) is -1.96. The van der Waals surface area contributed by atoms with E-state index in [1.54, 1.807) is 0 Å². The molecule has 4 nitrogen and oxygen atoms in total. The van der Waals surface area contributed by atoms with Crippen LogP contribution in [0.25, 0.3) is 0 Å². The van der Waals surface area contributed by atoms with Gasteiger partial charge in [0.2, 0.25) is 5.82 Å². The van der Waals surface area contributed by atoms with E-state index < -0.39 is 40.2 Å². The summed E-state index contributed by atoms with van der Waals surface area (Å²) in [5.74, 6) is -7.43. The van der Waals surface area contributed by atoms with Crippen molar-refractivity contribution in [2.24, 2.45) is 0 Å². The minimum Gasteiger partial charge on any atom is -0.503 e. The van der Waals surface area contributed by atoms with E-state index in [0.29, 0.717) is 18.9 Å². The molecular formula is C14H13F3N2O2. The van der Waals surface area contributed by atoms with Crippen LogP contribution in [-0.4, -0.2) is 16.6 Å². The molecule has 0 atom stereocenters. The number of nitrogens with zero attached hydrogens (tertiary/aromatic N) is 1. The smallest absolute Gasteiger partial charge is 0.255 e. The molecule has 0 heterocycles. The van der Waals surface area contributed by atoms with Crippen LogP contribution in [0.4, 0.5) is 13.2 Å². The fraction of sp³-hybridized carbons (Fsp3) is 0.429. The molecule has 0 aromatic heterocycles. The fourth-order valence-corrected chi connectivity index (χ4v) is 2.46. The summed E-state index contributed by atoms with van der Waals surface area (Å²) >= 11 is 0. The van der Waals surface area contributed by atoms with Crippen LogP contribution in [0, 0.1) is 28.8 Å². The molecule has 1 aromatic carbocycles. The second-order valence-electron chi connectivity index (χ2n) is 5.09. The Morgan fingerprint density at radius 2 is 1.86 bits per heavy atom. The standard InChI is InChI=1S/C14H13F3N2O2/c15-9-6-8(10(16)12(20)11(9)17)13(21)19-14(7-18)4-2-1-3-5-14/h6,20H,1-5H2,(H,19,21). The lowest BCUT2D eigenvalue weighted by Gasteiger charge is -2.31. The van der Waals surface area contributed by atoms with Crippen molar-refractivity contribution in [2.75, 3.05) is 0 Å². The Morgan fingerprint density at radius 1 is 1.24 bits per heavy atom. The van der Waals surface area contributed by atoms with Crippen LogP contribution < -0.4 is 5.32 Å². The maximum absolute atomic E-state index is 13.7. The average Bonchev–Trinajstić information content (AvgIpc) is 2.49. The lowest BCUT2D eigenvalue weighted by atomic mass is 9.82. The molecule has 2 N–H and O–H groups in total. The van der Waals surface area contributed by atoms with E-state index in [4.69, 9.17) is 5.11 Å². The largest absolute Gasteiger partial charge is 0.503 e. The Labute approximate surface area is 119 Å². The molecule has 21 heavy (non-hydrogen) atoms. The molecule has 2 rings (SSSR count). The van der Waals surface area contributed by atoms with Gasteiger partial charge in [-0.3, -0.25) is 4.79 Å². The number of hydrogen-bond donors (Lipinski definition) is 2. The first-order chi connectivity index (χ1) is 9.90. The predicted molar refractivity (Wildman–Crippen MR) is 66.9 cm³/mol. The Kier molecular flexibility index (Phi) is 4.07. The summed E-state index contributed by atoms with van der Waals surface area (Å²) in [6.45, 7) is 0. The molecule has 1 fully saturated rings. The molecule has 0 bridgehead atoms. The highest BCUT2D eigenvalue weighted by molar-refractivity contribution is 5.95. The zero-order valence-corrected chi connectivity index (χ0v) is 11.0. The molecule has 1 aliphatic rings. The Bertz CT molecular complexity index is 620. The SMILES string of the molecule is N#CC1(NC(=O)c2cc(F)c(F)c(O)c2F)CCCCC1. The van der Waals surface area contributed by atoms with Gasteiger partial charge in [0, 0.05) is 0 Å². The Morgan fingerprint density at radius 3 is 2.43 bits per heavy atom. The summed E-state index contributed by atoms with van der Waals surface area (Å²) in [5, 5.41) is 20.7. The van der Waals surface area contributed by atoms with Crippen LogP contribution >= 0.6 is 0 Å². The molecule has 0 unspecified atom stereocenters. The monoisotopic (exact) mass is 298 g/mol. The van der Waals surface area contributed by atoms with Crippen molar-refractivity contribution < 1.29 is 23.1 Å². The van der Waals surface area contributed by atoms with Crippen LogP contribution in [0.15, 0.2) is 6.07 Å². The van der Waals surface area contributed by atoms with Crippen molar-refractivity contribution in [2.45, 2.75) is 37.6 Å². The lowest BCUT2D eigenvalue weighted by molar-refractivity contribution is 0.0896. The first-order valence-corrected chi connectivity index (χ1v) is 6.50. The highest BCUT2D eigenvalue weighted by atomic mass is 19.2. The van der Waals surface area contributed by atoms with Crippen molar-refractivity contribution in [1.29, 1.82) is 5.26 Å². The van der Waals surface area contributed by atoms with Crippen molar-refractivity contribution >= 4 is 5.91 Å². The third kappa shape index (κ3) is 2.79. The average molecular weight is 298 g/mol. The predicted octanol–water partition coefficient (Wildman–Crippen LogP) is 2.77. The van der Waals surface area contributed by atoms with Gasteiger partial charge in [0.25, 0.3) is 5.91 Å². The van der Waals surface area contributed by atoms with Gasteiger partial charge in [0.1, 0.15) is 5.54 Å². The van der Waals surface area contributed by atoms with Crippen molar-refractivity contribution in [1.82, 2.24) is 5.32 Å². The number of phenolic OH excluding ortho intramolecular Hbond substituents is 1. The van der Waals surface area contributed by atoms with Gasteiger partial charge in [-0.25, -0.2) is 8.78 Å². The second-order valence-corrected chi connectivity index (χ2v) is 5.09. The highest BCUT2D eigenvalue weighted by Gasteiger charge is 2.35. The number of phenols is 1. The van der Waals surface area contributed by atoms with E-state index in [2.05, 4.69) is 5.32 Å². The van der Waals surface area contributed by atoms with Gasteiger partial charge in [0.05, 0.1) is 11.6 Å². The van der Waals surface area contributed by atoms with Crippen LogP contribution in [0.2, 0.25) is 0 Å². The number of benzene rings is 1. The molecular weight excluding hydrogens is 285 g/mol. The van der Waals surface area contributed by atoms with Crippen molar-refractivity contribution in [3.05, 3.63) is 29.1 Å². The summed E-state index contributed by atoms with van der Waals surface area (Å²) in [6, 6.07) is 2.36. The van der Waals surface area contributed by atoms with E-state index in [1.165, 1.54) is 0 Å². The number of carbonyl (C=O) groups is 1. The Balaban J connectivity index is 2.31. The molecule has 1 aliphatic carbocycles. The third-order valence-electron chi connectivity index (χ3n) is 3.65. The number of hydrogen-bond acceptors (Lipinski definition) is 3. The van der Waals surface area contributed by atoms with E-state index in [0.717, 1.165) is 19.3 Å². The van der Waals surface area contributed by atoms with Crippen molar-refractivity contribution in [3.8, 4) is 11.8 Å². The number of aromatic hydroxyl groups is 1. The zero-order chi connectivity index (χ0) is 15.6. The number of carbonyl (C=O) groups excluding carboxylic acids is 1. The van der Waals surface area contributed by atoms with E-state index in [-0.39, 0.29) is 0 Å². The number of amides is 1. The van der Waals surface area contributed by atoms with Gasteiger partial charge in [-0.15, -0.1) is 0 Å². The molecule has 0 aliphatic heterocycles. The van der Waals surface area contributed by atoms with Crippen molar-refractivity contribution in [3.63, 3.8) is 0 Å². The lowest BCUT2D eigenvalue weighted by Crippen LogP contribution is -2.48. The Hall–Kier alpha value is -2.23. The van der Waals surface area contributed by atoms with Crippen LogP contribution in [0.1, 0.15) is 42.5 Å². The molecule has 0 saturated heterocycles. The van der Waals surface area contributed by atoms with Gasteiger partial charge in [-0.1, -0.05) is 19.3 Å². The maximum Gasteiger partial charge on any atom is 0.255 e. The molecule has 0 spiro atoms. The van der Waals surface area contributed by atoms with Crippen LogP contribution in [0.5, 0.6) is 5.75 Å². The quantitative estimate of drug-likeness (QED) is 0.825. The number of rotatable bonds is 2. The topological polar surface area (TPSA) is 73.1 Å². The summed E-state index contributed by atoms with van der Waals surface area (Å²) in [4.78, 5) is 12.0. The number of nitrogens with one attached hydrogen (secondary N) is 1. The van der Waals surface area contributed by atoms with Crippen LogP contribution in [0.3, 0.4) is 0 Å². The van der Waals surface area contributed by atoms with Gasteiger partial charge in [-0.2, -0.15) is 9.65 Å². The van der Waals surface area contributed by atoms with E-state index in [1.807, 2.05) is 6.07 Å². The zero-order valence-electron chi connectivity index (χ0n) is 11.0. The third-order valence-corrected chi connectivity index (χ3v) is 3.65. The van der Waals surface area contributed by atoms with Gasteiger partial charge in [-0.05, 0) is 18.9 Å². The number of halogens is 3. The summed E-state index contributed by atoms with van der Waals surface area (Å²) in [6.07, 6.45) is 3.22. The first kappa shape index (κ1) is 15.2. The van der Waals surface area contributed by atoms with Gasteiger partial charge < -0.3 is 10.4 Å². The normalized spacial score (nSPS) is 17.0. The molecule has 112 valence electrons. The highest BCUT2D eigenvalue weighted by Crippen LogP contribution is 2.30. The number of nitriles is 1. The molecule has 0 radical (unpaired) electrons. The second kappa shape index (κ2) is 5.64. The minimum absolute atomic E-state index is 0.369. The summed E-state index contributed by atoms with van der Waals surface area (Å²) in [7, 11) is 0.